The van der Waals surface area contributed by atoms with Crippen molar-refractivity contribution < 1.29 is 23.9 Å². The van der Waals surface area contributed by atoms with Crippen LogP contribution in [0, 0.1) is 12.7 Å². The van der Waals surface area contributed by atoms with E-state index in [-0.39, 0.29) is 17.0 Å². The molecule has 0 radical (unpaired) electrons. The second-order valence-corrected chi connectivity index (χ2v) is 6.65. The molecule has 0 bridgehead atoms. The fourth-order valence-electron chi connectivity index (χ4n) is 3.32. The largest absolute Gasteiger partial charge is 0.479 e. The number of aliphatic carboxylic acids is 1. The highest BCUT2D eigenvalue weighted by atomic mass is 19.1. The van der Waals surface area contributed by atoms with E-state index in [1.165, 1.54) is 19.1 Å². The number of hydrogen-bond acceptors (Lipinski definition) is 3. The second kappa shape index (κ2) is 6.40. The molecule has 0 saturated heterocycles. The summed E-state index contributed by atoms with van der Waals surface area (Å²) < 4.78 is 13.2. The van der Waals surface area contributed by atoms with E-state index in [4.69, 9.17) is 0 Å². The third kappa shape index (κ3) is 2.89. The molecular formula is C19H19FN2O4. The van der Waals surface area contributed by atoms with Crippen LogP contribution in [0.1, 0.15) is 57.4 Å². The molecule has 1 aliphatic rings. The lowest BCUT2D eigenvalue weighted by atomic mass is 9.91. The maximum absolute atomic E-state index is 13.2. The van der Waals surface area contributed by atoms with Crippen molar-refractivity contribution in [3.8, 4) is 0 Å². The third-order valence-electron chi connectivity index (χ3n) is 4.88. The first-order chi connectivity index (χ1) is 12.2. The van der Waals surface area contributed by atoms with Crippen molar-refractivity contribution >= 4 is 17.7 Å². The maximum atomic E-state index is 13.2. The summed E-state index contributed by atoms with van der Waals surface area (Å²) in [5.41, 5.74) is 0.439. The molecule has 6 nitrogen and oxygen atoms in total. The van der Waals surface area contributed by atoms with Crippen LogP contribution in [0.4, 0.5) is 4.39 Å². The molecule has 136 valence electrons. The number of aromatic nitrogens is 1. The first-order valence-corrected chi connectivity index (χ1v) is 8.30. The lowest BCUT2D eigenvalue weighted by molar-refractivity contribution is -0.144. The molecule has 3 N–H and O–H groups in total. The molecule has 0 fully saturated rings. The van der Waals surface area contributed by atoms with Gasteiger partial charge in [-0.15, -0.1) is 0 Å². The standard InChI is InChI=1S/C19H19FN2O4/c1-10-15-13(4-3-5-14(15)23)21-16(10)17(24)22-19(2,18(25)26)11-6-8-12(20)9-7-11/h6-9,21H,3-5H2,1-2H3,(H,22,24)(H,25,26). The number of carbonyl (C=O) groups is 3. The van der Waals surface area contributed by atoms with Crippen molar-refractivity contribution in [2.24, 2.45) is 0 Å². The monoisotopic (exact) mass is 358 g/mol. The Labute approximate surface area is 149 Å². The minimum atomic E-state index is -1.74. The Morgan fingerprint density at radius 2 is 1.88 bits per heavy atom. The van der Waals surface area contributed by atoms with Crippen molar-refractivity contribution in [2.75, 3.05) is 0 Å². The Kier molecular flexibility index (Phi) is 4.39. The fourth-order valence-corrected chi connectivity index (χ4v) is 3.32. The van der Waals surface area contributed by atoms with Crippen LogP contribution in [0.5, 0.6) is 0 Å². The molecule has 1 unspecified atom stereocenters. The fraction of sp³-hybridized carbons (Fsp3) is 0.316. The molecule has 1 aliphatic carbocycles. The lowest BCUT2D eigenvalue weighted by Gasteiger charge is -2.26. The number of nitrogens with one attached hydrogen (secondary N) is 2. The van der Waals surface area contributed by atoms with Gasteiger partial charge in [0.15, 0.2) is 11.3 Å². The van der Waals surface area contributed by atoms with Crippen LogP contribution in [-0.2, 0) is 16.8 Å². The average molecular weight is 358 g/mol. The molecule has 1 atom stereocenters. The Bertz CT molecular complexity index is 901. The normalized spacial score (nSPS) is 15.9. The number of ketones is 1. The number of benzene rings is 1. The number of carboxylic acid groups (broad SMARTS) is 1. The molecule has 1 aromatic heterocycles. The number of amides is 1. The summed E-state index contributed by atoms with van der Waals surface area (Å²) in [6, 6.07) is 4.92. The average Bonchev–Trinajstić information content (AvgIpc) is 2.93. The summed E-state index contributed by atoms with van der Waals surface area (Å²) in [7, 11) is 0. The van der Waals surface area contributed by atoms with Gasteiger partial charge in [-0.2, -0.15) is 0 Å². The van der Waals surface area contributed by atoms with Gasteiger partial charge in [0, 0.05) is 17.7 Å². The molecule has 1 heterocycles. The maximum Gasteiger partial charge on any atom is 0.333 e. The van der Waals surface area contributed by atoms with Gasteiger partial charge in [-0.25, -0.2) is 9.18 Å². The highest BCUT2D eigenvalue weighted by Gasteiger charge is 2.38. The summed E-state index contributed by atoms with van der Waals surface area (Å²) in [4.78, 5) is 39.7. The summed E-state index contributed by atoms with van der Waals surface area (Å²) in [6.07, 6.45) is 1.83. The molecule has 3 rings (SSSR count). The van der Waals surface area contributed by atoms with Gasteiger partial charge < -0.3 is 15.4 Å². The zero-order valence-corrected chi connectivity index (χ0v) is 14.5. The molecule has 0 saturated carbocycles. The Morgan fingerprint density at radius 3 is 2.46 bits per heavy atom. The minimum absolute atomic E-state index is 0.0152. The Morgan fingerprint density at radius 1 is 1.23 bits per heavy atom. The van der Waals surface area contributed by atoms with Crippen molar-refractivity contribution in [3.63, 3.8) is 0 Å². The predicted molar refractivity (Wildman–Crippen MR) is 91.7 cm³/mol. The van der Waals surface area contributed by atoms with Crippen LogP contribution >= 0.6 is 0 Å². The highest BCUT2D eigenvalue weighted by molar-refractivity contribution is 6.05. The smallest absolute Gasteiger partial charge is 0.333 e. The number of aromatic amines is 1. The van der Waals surface area contributed by atoms with E-state index in [9.17, 15) is 23.9 Å². The van der Waals surface area contributed by atoms with Gasteiger partial charge >= 0.3 is 5.97 Å². The molecule has 1 aromatic carbocycles. The zero-order valence-electron chi connectivity index (χ0n) is 14.5. The van der Waals surface area contributed by atoms with E-state index in [0.717, 1.165) is 18.6 Å². The summed E-state index contributed by atoms with van der Waals surface area (Å²) >= 11 is 0. The van der Waals surface area contributed by atoms with Gasteiger partial charge in [-0.3, -0.25) is 9.59 Å². The number of carboxylic acids is 1. The summed E-state index contributed by atoms with van der Waals surface area (Å²) in [5.74, 6) is -2.42. The number of Topliss-reactive ketones (excluding diaryl/α,β-unsaturated/α-hetero) is 1. The van der Waals surface area contributed by atoms with Gasteiger partial charge in [-0.1, -0.05) is 12.1 Å². The van der Waals surface area contributed by atoms with E-state index in [0.29, 0.717) is 29.7 Å². The number of fused-ring (bicyclic) bond motifs is 1. The van der Waals surface area contributed by atoms with Crippen LogP contribution in [0.2, 0.25) is 0 Å². The molecule has 26 heavy (non-hydrogen) atoms. The van der Waals surface area contributed by atoms with E-state index in [1.54, 1.807) is 6.92 Å². The van der Waals surface area contributed by atoms with Gasteiger partial charge in [-0.05, 0) is 49.9 Å². The Balaban J connectivity index is 1.96. The molecular weight excluding hydrogens is 339 g/mol. The van der Waals surface area contributed by atoms with E-state index in [1.807, 2.05) is 0 Å². The summed E-state index contributed by atoms with van der Waals surface area (Å²) in [5, 5.41) is 12.2. The highest BCUT2D eigenvalue weighted by Crippen LogP contribution is 2.28. The molecule has 7 heteroatoms. The first kappa shape index (κ1) is 17.8. The SMILES string of the molecule is Cc1c(C(=O)NC(C)(C(=O)O)c2ccc(F)cc2)[nH]c2c1C(=O)CCC2. The van der Waals surface area contributed by atoms with Crippen LogP contribution in [0.3, 0.4) is 0 Å². The van der Waals surface area contributed by atoms with E-state index >= 15 is 0 Å². The predicted octanol–water partition coefficient (Wildman–Crippen LogP) is 2.71. The van der Waals surface area contributed by atoms with Crippen molar-refractivity contribution in [1.82, 2.24) is 10.3 Å². The molecule has 1 amide bonds. The second-order valence-electron chi connectivity index (χ2n) is 6.65. The third-order valence-corrected chi connectivity index (χ3v) is 4.88. The van der Waals surface area contributed by atoms with Crippen LogP contribution < -0.4 is 5.32 Å². The van der Waals surface area contributed by atoms with Crippen LogP contribution in [0.15, 0.2) is 24.3 Å². The van der Waals surface area contributed by atoms with Gasteiger partial charge in [0.25, 0.3) is 5.91 Å². The number of carbonyl (C=O) groups excluding carboxylic acids is 2. The van der Waals surface area contributed by atoms with Gasteiger partial charge in [0.05, 0.1) is 0 Å². The minimum Gasteiger partial charge on any atom is -0.479 e. The van der Waals surface area contributed by atoms with Gasteiger partial charge in [0.1, 0.15) is 11.5 Å². The number of hydrogen-bond donors (Lipinski definition) is 3. The zero-order chi connectivity index (χ0) is 19.1. The van der Waals surface area contributed by atoms with E-state index < -0.39 is 23.2 Å². The van der Waals surface area contributed by atoms with Crippen molar-refractivity contribution in [3.05, 3.63) is 58.2 Å². The first-order valence-electron chi connectivity index (χ1n) is 8.30. The number of aryl methyl sites for hydroxylation is 1. The Hall–Kier alpha value is -2.96. The summed E-state index contributed by atoms with van der Waals surface area (Å²) in [6.45, 7) is 3.01. The van der Waals surface area contributed by atoms with Crippen LogP contribution in [-0.4, -0.2) is 27.8 Å². The quantitative estimate of drug-likeness (QED) is 0.782. The molecule has 0 aliphatic heterocycles. The van der Waals surface area contributed by atoms with Crippen LogP contribution in [0.25, 0.3) is 0 Å². The number of H-pyrrole nitrogens is 1. The molecule has 0 spiro atoms. The van der Waals surface area contributed by atoms with Gasteiger partial charge in [0.2, 0.25) is 0 Å². The van der Waals surface area contributed by atoms with Crippen molar-refractivity contribution in [2.45, 2.75) is 38.6 Å². The molecule has 2 aromatic rings. The van der Waals surface area contributed by atoms with E-state index in [2.05, 4.69) is 10.3 Å². The number of halogens is 1. The lowest BCUT2D eigenvalue weighted by Crippen LogP contribution is -2.49. The topological polar surface area (TPSA) is 99.3 Å². The van der Waals surface area contributed by atoms with Crippen molar-refractivity contribution in [1.29, 1.82) is 0 Å². The number of rotatable bonds is 4.